The number of benzene rings is 2. The largest absolute Gasteiger partial charge is 0.504 e. The van der Waals surface area contributed by atoms with E-state index < -0.39 is 0 Å². The minimum absolute atomic E-state index is 0.145. The number of hydrazone groups is 1. The van der Waals surface area contributed by atoms with Crippen molar-refractivity contribution in [1.82, 2.24) is 0 Å². The van der Waals surface area contributed by atoms with Crippen LogP contribution in [0.15, 0.2) is 48.1 Å². The Morgan fingerprint density at radius 2 is 2.00 bits per heavy atom. The zero-order valence-electron chi connectivity index (χ0n) is 13.8. The van der Waals surface area contributed by atoms with Crippen molar-refractivity contribution in [3.63, 3.8) is 0 Å². The second kappa shape index (κ2) is 7.49. The number of hydrogen-bond donors (Lipinski definition) is 2. The molecule has 4 nitrogen and oxygen atoms in total. The van der Waals surface area contributed by atoms with E-state index in [1.165, 1.54) is 18.2 Å². The van der Waals surface area contributed by atoms with Gasteiger partial charge in [-0.25, -0.2) is 0 Å². The van der Waals surface area contributed by atoms with Gasteiger partial charge in [-0.1, -0.05) is 12.1 Å². The average Bonchev–Trinajstić information content (AvgIpc) is 2.54. The summed E-state index contributed by atoms with van der Waals surface area (Å²) in [4.78, 5) is 0. The summed E-state index contributed by atoms with van der Waals surface area (Å²) >= 11 is 0. The molecule has 0 bridgehead atoms. The lowest BCUT2D eigenvalue weighted by atomic mass is 10.1. The van der Waals surface area contributed by atoms with E-state index in [0.717, 1.165) is 16.8 Å². The lowest BCUT2D eigenvalue weighted by Gasteiger charge is -2.09. The fourth-order valence-corrected chi connectivity index (χ4v) is 2.22. The van der Waals surface area contributed by atoms with Crippen molar-refractivity contribution >= 4 is 11.9 Å². The maximum absolute atomic E-state index is 10.1. The second-order valence-electron chi connectivity index (χ2n) is 5.39. The summed E-state index contributed by atoms with van der Waals surface area (Å²) in [6.07, 6.45) is 4.00. The fourth-order valence-electron chi connectivity index (χ4n) is 2.22. The summed E-state index contributed by atoms with van der Waals surface area (Å²) in [5.74, 6) is 0.573. The third-order valence-electron chi connectivity index (χ3n) is 3.67. The normalized spacial score (nSPS) is 10.7. The lowest BCUT2D eigenvalue weighted by Crippen LogP contribution is -1.95. The van der Waals surface area contributed by atoms with Gasteiger partial charge in [0.1, 0.15) is 0 Å². The smallest absolute Gasteiger partial charge is 0.161 e. The number of aryl methyl sites for hydroxylation is 2. The molecule has 0 spiro atoms. The molecule has 120 valence electrons. The molecule has 0 atom stereocenters. The van der Waals surface area contributed by atoms with Gasteiger partial charge in [0.15, 0.2) is 11.5 Å². The van der Waals surface area contributed by atoms with Crippen LogP contribution in [0.4, 0.5) is 5.69 Å². The predicted octanol–water partition coefficient (Wildman–Crippen LogP) is 4.19. The maximum atomic E-state index is 10.1. The van der Waals surface area contributed by atoms with Crippen LogP contribution in [0.1, 0.15) is 22.3 Å². The van der Waals surface area contributed by atoms with E-state index in [1.54, 1.807) is 18.4 Å². The highest BCUT2D eigenvalue weighted by Crippen LogP contribution is 2.31. The Morgan fingerprint density at radius 3 is 2.65 bits per heavy atom. The number of phenols is 1. The van der Waals surface area contributed by atoms with Gasteiger partial charge >= 0.3 is 0 Å². The summed E-state index contributed by atoms with van der Waals surface area (Å²) < 4.78 is 5.20. The molecular formula is C19H22N2O2. The molecule has 0 aliphatic carbocycles. The molecule has 2 aromatic carbocycles. The van der Waals surface area contributed by atoms with E-state index in [2.05, 4.69) is 37.0 Å². The molecule has 0 aromatic heterocycles. The Balaban J connectivity index is 2.19. The van der Waals surface area contributed by atoms with Crippen LogP contribution in [0.3, 0.4) is 0 Å². The molecule has 2 rings (SSSR count). The zero-order valence-corrected chi connectivity index (χ0v) is 13.8. The lowest BCUT2D eigenvalue weighted by molar-refractivity contribution is 0.371. The van der Waals surface area contributed by atoms with Crippen LogP contribution in [0.2, 0.25) is 0 Å². The first kappa shape index (κ1) is 16.6. The number of anilines is 1. The molecule has 0 saturated carbocycles. The van der Waals surface area contributed by atoms with Crippen molar-refractivity contribution in [2.24, 2.45) is 5.10 Å². The third-order valence-corrected chi connectivity index (χ3v) is 3.67. The molecule has 0 fully saturated rings. The quantitative estimate of drug-likeness (QED) is 0.478. The van der Waals surface area contributed by atoms with E-state index in [-0.39, 0.29) is 5.75 Å². The molecular weight excluding hydrogens is 288 g/mol. The topological polar surface area (TPSA) is 53.9 Å². The molecule has 0 radical (unpaired) electrons. The molecule has 0 unspecified atom stereocenters. The molecule has 0 heterocycles. The second-order valence-corrected chi connectivity index (χ2v) is 5.39. The zero-order chi connectivity index (χ0) is 16.8. The number of aromatic hydroxyl groups is 1. The first-order valence-electron chi connectivity index (χ1n) is 7.42. The number of rotatable bonds is 6. The molecule has 0 saturated heterocycles. The van der Waals surface area contributed by atoms with Gasteiger partial charge in [-0.15, -0.1) is 6.58 Å². The van der Waals surface area contributed by atoms with E-state index in [4.69, 9.17) is 4.74 Å². The third kappa shape index (κ3) is 4.13. The summed E-state index contributed by atoms with van der Waals surface area (Å²) in [6.45, 7) is 7.84. The summed E-state index contributed by atoms with van der Waals surface area (Å²) in [5, 5.41) is 14.3. The van der Waals surface area contributed by atoms with Crippen molar-refractivity contribution < 1.29 is 9.84 Å². The summed E-state index contributed by atoms with van der Waals surface area (Å²) in [6, 6.07) is 9.70. The standard InChI is InChI=1S/C19H22N2O2/c1-5-6-16-10-15(11-18(23-4)19(16)22)12-20-21-17-8-7-13(2)14(3)9-17/h5,7-12,21-22H,1,6H2,2-4H3. The first-order valence-corrected chi connectivity index (χ1v) is 7.42. The van der Waals surface area contributed by atoms with E-state index in [9.17, 15) is 5.11 Å². The minimum Gasteiger partial charge on any atom is -0.504 e. The van der Waals surface area contributed by atoms with Crippen molar-refractivity contribution in [1.29, 1.82) is 0 Å². The maximum Gasteiger partial charge on any atom is 0.161 e. The predicted molar refractivity (Wildman–Crippen MR) is 95.7 cm³/mol. The molecule has 0 aliphatic rings. The van der Waals surface area contributed by atoms with Gasteiger partial charge in [0, 0.05) is 5.56 Å². The Hall–Kier alpha value is -2.75. The Bertz CT molecular complexity index is 736. The Kier molecular flexibility index (Phi) is 5.41. The van der Waals surface area contributed by atoms with Gasteiger partial charge in [-0.05, 0) is 61.2 Å². The SMILES string of the molecule is C=CCc1cc(C=NNc2ccc(C)c(C)c2)cc(OC)c1O. The van der Waals surface area contributed by atoms with Crippen LogP contribution in [-0.2, 0) is 6.42 Å². The van der Waals surface area contributed by atoms with Gasteiger partial charge in [-0.2, -0.15) is 5.10 Å². The van der Waals surface area contributed by atoms with Gasteiger partial charge < -0.3 is 9.84 Å². The number of hydrogen-bond acceptors (Lipinski definition) is 4. The van der Waals surface area contributed by atoms with E-state index in [0.29, 0.717) is 12.2 Å². The number of nitrogens with one attached hydrogen (secondary N) is 1. The highest BCUT2D eigenvalue weighted by molar-refractivity contribution is 5.82. The average molecular weight is 310 g/mol. The van der Waals surface area contributed by atoms with Crippen LogP contribution in [-0.4, -0.2) is 18.4 Å². The van der Waals surface area contributed by atoms with Gasteiger partial charge in [0.2, 0.25) is 0 Å². The summed E-state index contributed by atoms with van der Waals surface area (Å²) in [7, 11) is 1.53. The minimum atomic E-state index is 0.145. The molecule has 0 amide bonds. The first-order chi connectivity index (χ1) is 11.0. The molecule has 0 aliphatic heterocycles. The van der Waals surface area contributed by atoms with Crippen molar-refractivity contribution in [3.8, 4) is 11.5 Å². The molecule has 4 heteroatoms. The number of nitrogens with zero attached hydrogens (tertiary/aromatic N) is 1. The van der Waals surface area contributed by atoms with E-state index in [1.807, 2.05) is 18.2 Å². The van der Waals surface area contributed by atoms with Crippen molar-refractivity contribution in [3.05, 3.63) is 65.2 Å². The van der Waals surface area contributed by atoms with Crippen LogP contribution < -0.4 is 10.2 Å². The van der Waals surface area contributed by atoms with Crippen molar-refractivity contribution in [2.75, 3.05) is 12.5 Å². The monoisotopic (exact) mass is 310 g/mol. The molecule has 2 aromatic rings. The number of methoxy groups -OCH3 is 1. The summed E-state index contributed by atoms with van der Waals surface area (Å²) in [5.41, 5.74) is 8.00. The molecule has 2 N–H and O–H groups in total. The Morgan fingerprint density at radius 1 is 1.22 bits per heavy atom. The highest BCUT2D eigenvalue weighted by atomic mass is 16.5. The van der Waals surface area contributed by atoms with E-state index >= 15 is 0 Å². The van der Waals surface area contributed by atoms with Gasteiger partial charge in [-0.3, -0.25) is 5.43 Å². The van der Waals surface area contributed by atoms with Crippen LogP contribution in [0, 0.1) is 13.8 Å². The highest BCUT2D eigenvalue weighted by Gasteiger charge is 2.08. The van der Waals surface area contributed by atoms with Crippen LogP contribution in [0.5, 0.6) is 11.5 Å². The van der Waals surface area contributed by atoms with Gasteiger partial charge in [0.05, 0.1) is 19.0 Å². The number of ether oxygens (including phenoxy) is 1. The Labute approximate surface area is 137 Å². The van der Waals surface area contributed by atoms with Gasteiger partial charge in [0.25, 0.3) is 0 Å². The molecule has 23 heavy (non-hydrogen) atoms. The number of allylic oxidation sites excluding steroid dienone is 1. The van der Waals surface area contributed by atoms with Crippen LogP contribution >= 0.6 is 0 Å². The van der Waals surface area contributed by atoms with Crippen molar-refractivity contribution in [2.45, 2.75) is 20.3 Å². The number of phenolic OH excluding ortho intramolecular Hbond substituents is 1. The van der Waals surface area contributed by atoms with Crippen LogP contribution in [0.25, 0.3) is 0 Å². The fraction of sp³-hybridized carbons (Fsp3) is 0.211.